The lowest BCUT2D eigenvalue weighted by Gasteiger charge is -2.10. The average molecular weight is 257 g/mol. The molecule has 0 saturated heterocycles. The molecule has 0 aliphatic rings. The molecule has 2 aromatic rings. The molecular formula is C16H23N3. The Hall–Kier alpha value is -1.77. The SMILES string of the molecule is CC(C)CCCCNc1ccnc2cc(N)ccc12. The first kappa shape index (κ1) is 13.7. The third kappa shape index (κ3) is 3.85. The summed E-state index contributed by atoms with van der Waals surface area (Å²) < 4.78 is 0. The van der Waals surface area contributed by atoms with E-state index in [9.17, 15) is 0 Å². The molecule has 0 aliphatic carbocycles. The zero-order valence-electron chi connectivity index (χ0n) is 11.8. The number of benzene rings is 1. The first-order chi connectivity index (χ1) is 9.16. The summed E-state index contributed by atoms with van der Waals surface area (Å²) in [5.74, 6) is 0.796. The molecule has 0 unspecified atom stereocenters. The van der Waals surface area contributed by atoms with Crippen LogP contribution < -0.4 is 11.1 Å². The van der Waals surface area contributed by atoms with Crippen molar-refractivity contribution in [1.29, 1.82) is 0 Å². The number of hydrogen-bond donors (Lipinski definition) is 2. The number of hydrogen-bond acceptors (Lipinski definition) is 3. The topological polar surface area (TPSA) is 50.9 Å². The number of pyridine rings is 1. The second kappa shape index (κ2) is 6.41. The van der Waals surface area contributed by atoms with Gasteiger partial charge in [-0.1, -0.05) is 26.7 Å². The molecule has 0 atom stereocenters. The van der Waals surface area contributed by atoms with Crippen LogP contribution in [0.25, 0.3) is 10.9 Å². The van der Waals surface area contributed by atoms with Gasteiger partial charge in [-0.25, -0.2) is 0 Å². The van der Waals surface area contributed by atoms with E-state index >= 15 is 0 Å². The number of nitrogens with one attached hydrogen (secondary N) is 1. The van der Waals surface area contributed by atoms with Gasteiger partial charge in [-0.15, -0.1) is 0 Å². The van der Waals surface area contributed by atoms with Crippen LogP contribution in [-0.4, -0.2) is 11.5 Å². The molecule has 3 N–H and O–H groups in total. The number of rotatable bonds is 6. The van der Waals surface area contributed by atoms with Gasteiger partial charge < -0.3 is 11.1 Å². The molecule has 3 heteroatoms. The molecule has 1 aromatic heterocycles. The average Bonchev–Trinajstić information content (AvgIpc) is 2.37. The number of nitrogens with two attached hydrogens (primary N) is 1. The van der Waals surface area contributed by atoms with Crippen LogP contribution in [0.15, 0.2) is 30.5 Å². The molecule has 3 nitrogen and oxygen atoms in total. The first-order valence-corrected chi connectivity index (χ1v) is 7.05. The van der Waals surface area contributed by atoms with Gasteiger partial charge in [0.25, 0.3) is 0 Å². The molecule has 0 amide bonds. The molecule has 1 heterocycles. The van der Waals surface area contributed by atoms with Crippen molar-refractivity contribution >= 4 is 22.3 Å². The zero-order chi connectivity index (χ0) is 13.7. The molecule has 0 fully saturated rings. The summed E-state index contributed by atoms with van der Waals surface area (Å²) in [5.41, 5.74) is 8.64. The highest BCUT2D eigenvalue weighted by atomic mass is 14.9. The quantitative estimate of drug-likeness (QED) is 0.606. The predicted molar refractivity (Wildman–Crippen MR) is 83.3 cm³/mol. The zero-order valence-corrected chi connectivity index (χ0v) is 11.8. The molecule has 0 saturated carbocycles. The van der Waals surface area contributed by atoms with Gasteiger partial charge >= 0.3 is 0 Å². The van der Waals surface area contributed by atoms with E-state index < -0.39 is 0 Å². The Balaban J connectivity index is 1.97. The fourth-order valence-electron chi connectivity index (χ4n) is 2.22. The summed E-state index contributed by atoms with van der Waals surface area (Å²) in [5, 5.41) is 4.64. The van der Waals surface area contributed by atoms with E-state index in [1.807, 2.05) is 30.5 Å². The van der Waals surface area contributed by atoms with Crippen LogP contribution in [0.4, 0.5) is 11.4 Å². The minimum absolute atomic E-state index is 0.758. The third-order valence-corrected chi connectivity index (χ3v) is 3.29. The van der Waals surface area contributed by atoms with E-state index in [2.05, 4.69) is 24.1 Å². The Bertz CT molecular complexity index is 535. The second-order valence-electron chi connectivity index (χ2n) is 5.45. The predicted octanol–water partition coefficient (Wildman–Crippen LogP) is 4.06. The molecule has 0 radical (unpaired) electrons. The van der Waals surface area contributed by atoms with E-state index in [0.29, 0.717) is 0 Å². The molecule has 1 aromatic carbocycles. The lowest BCUT2D eigenvalue weighted by Crippen LogP contribution is -2.03. The minimum Gasteiger partial charge on any atom is -0.399 e. The summed E-state index contributed by atoms with van der Waals surface area (Å²) in [7, 11) is 0. The van der Waals surface area contributed by atoms with Crippen LogP contribution >= 0.6 is 0 Å². The molecule has 0 aliphatic heterocycles. The molecular weight excluding hydrogens is 234 g/mol. The minimum atomic E-state index is 0.758. The Morgan fingerprint density at radius 3 is 2.84 bits per heavy atom. The summed E-state index contributed by atoms with van der Waals surface area (Å²) in [6.07, 6.45) is 5.62. The largest absolute Gasteiger partial charge is 0.399 e. The number of nitrogen functional groups attached to an aromatic ring is 1. The van der Waals surface area contributed by atoms with Gasteiger partial charge in [-0.3, -0.25) is 4.98 Å². The number of fused-ring (bicyclic) bond motifs is 1. The molecule has 19 heavy (non-hydrogen) atoms. The van der Waals surface area contributed by atoms with Crippen molar-refractivity contribution in [1.82, 2.24) is 4.98 Å². The highest BCUT2D eigenvalue weighted by Gasteiger charge is 2.02. The molecule has 2 rings (SSSR count). The lowest BCUT2D eigenvalue weighted by atomic mass is 10.1. The highest BCUT2D eigenvalue weighted by Crippen LogP contribution is 2.23. The van der Waals surface area contributed by atoms with Crippen LogP contribution in [0, 0.1) is 5.92 Å². The fourth-order valence-corrected chi connectivity index (χ4v) is 2.22. The van der Waals surface area contributed by atoms with Gasteiger partial charge in [0, 0.05) is 29.5 Å². The van der Waals surface area contributed by atoms with Gasteiger partial charge in [-0.2, -0.15) is 0 Å². The van der Waals surface area contributed by atoms with E-state index in [1.54, 1.807) is 0 Å². The van der Waals surface area contributed by atoms with E-state index in [0.717, 1.165) is 34.7 Å². The number of anilines is 2. The third-order valence-electron chi connectivity index (χ3n) is 3.29. The van der Waals surface area contributed by atoms with Crippen LogP contribution in [0.5, 0.6) is 0 Å². The Morgan fingerprint density at radius 1 is 1.21 bits per heavy atom. The highest BCUT2D eigenvalue weighted by molar-refractivity contribution is 5.92. The van der Waals surface area contributed by atoms with Crippen molar-refractivity contribution in [2.45, 2.75) is 33.1 Å². The van der Waals surface area contributed by atoms with Crippen molar-refractivity contribution in [2.75, 3.05) is 17.6 Å². The summed E-state index contributed by atoms with van der Waals surface area (Å²) >= 11 is 0. The van der Waals surface area contributed by atoms with Gasteiger partial charge in [-0.05, 0) is 36.6 Å². The number of unbranched alkanes of at least 4 members (excludes halogenated alkanes) is 1. The van der Waals surface area contributed by atoms with Crippen molar-refractivity contribution in [3.05, 3.63) is 30.5 Å². The summed E-state index contributed by atoms with van der Waals surface area (Å²) in [6, 6.07) is 7.91. The van der Waals surface area contributed by atoms with Gasteiger partial charge in [0.2, 0.25) is 0 Å². The summed E-state index contributed by atoms with van der Waals surface area (Å²) in [6.45, 7) is 5.55. The van der Waals surface area contributed by atoms with E-state index in [-0.39, 0.29) is 0 Å². The van der Waals surface area contributed by atoms with E-state index in [4.69, 9.17) is 5.73 Å². The first-order valence-electron chi connectivity index (χ1n) is 7.05. The molecule has 102 valence electrons. The van der Waals surface area contributed by atoms with Crippen LogP contribution in [-0.2, 0) is 0 Å². The monoisotopic (exact) mass is 257 g/mol. The standard InChI is InChI=1S/C16H23N3/c1-12(2)5-3-4-9-18-15-8-10-19-16-11-13(17)6-7-14(15)16/h6-8,10-12H,3-5,9,17H2,1-2H3,(H,18,19). The van der Waals surface area contributed by atoms with Crippen molar-refractivity contribution < 1.29 is 0 Å². The number of nitrogens with zero attached hydrogens (tertiary/aromatic N) is 1. The van der Waals surface area contributed by atoms with Crippen LogP contribution in [0.3, 0.4) is 0 Å². The normalized spacial score (nSPS) is 11.1. The van der Waals surface area contributed by atoms with Gasteiger partial charge in [0.1, 0.15) is 0 Å². The van der Waals surface area contributed by atoms with Crippen LogP contribution in [0.2, 0.25) is 0 Å². The maximum Gasteiger partial charge on any atom is 0.0743 e. The maximum atomic E-state index is 5.78. The Morgan fingerprint density at radius 2 is 2.05 bits per heavy atom. The van der Waals surface area contributed by atoms with E-state index in [1.165, 1.54) is 19.3 Å². The number of aromatic nitrogens is 1. The lowest BCUT2D eigenvalue weighted by molar-refractivity contribution is 0.545. The second-order valence-corrected chi connectivity index (χ2v) is 5.45. The van der Waals surface area contributed by atoms with Gasteiger partial charge in [0.15, 0.2) is 0 Å². The van der Waals surface area contributed by atoms with Crippen molar-refractivity contribution in [3.8, 4) is 0 Å². The van der Waals surface area contributed by atoms with Crippen molar-refractivity contribution in [3.63, 3.8) is 0 Å². The molecule has 0 spiro atoms. The van der Waals surface area contributed by atoms with Crippen molar-refractivity contribution in [2.24, 2.45) is 5.92 Å². The molecule has 0 bridgehead atoms. The van der Waals surface area contributed by atoms with Gasteiger partial charge in [0.05, 0.1) is 5.52 Å². The Labute approximate surface area is 115 Å². The Kier molecular flexibility index (Phi) is 4.61. The smallest absolute Gasteiger partial charge is 0.0743 e. The maximum absolute atomic E-state index is 5.78. The fraction of sp³-hybridized carbons (Fsp3) is 0.438. The summed E-state index contributed by atoms with van der Waals surface area (Å²) in [4.78, 5) is 4.35. The van der Waals surface area contributed by atoms with Crippen LogP contribution in [0.1, 0.15) is 33.1 Å².